The van der Waals surface area contributed by atoms with E-state index in [4.69, 9.17) is 0 Å². The Bertz CT molecular complexity index is 450. The van der Waals surface area contributed by atoms with Gasteiger partial charge in [0.15, 0.2) is 9.84 Å². The highest BCUT2D eigenvalue weighted by molar-refractivity contribution is 9.10. The van der Waals surface area contributed by atoms with Crippen LogP contribution in [0.2, 0.25) is 0 Å². The van der Waals surface area contributed by atoms with Gasteiger partial charge in [0.25, 0.3) is 0 Å². The van der Waals surface area contributed by atoms with E-state index >= 15 is 0 Å². The van der Waals surface area contributed by atoms with Crippen LogP contribution in [-0.4, -0.2) is 14.2 Å². The van der Waals surface area contributed by atoms with Gasteiger partial charge in [0.05, 0.1) is 10.6 Å². The molecule has 1 aromatic rings. The fourth-order valence-corrected chi connectivity index (χ4v) is 3.48. The Labute approximate surface area is 99.7 Å². The van der Waals surface area contributed by atoms with Crippen molar-refractivity contribution >= 4 is 25.8 Å². The normalized spacial score (nSPS) is 12.1. The molecule has 0 aromatic heterocycles. The Morgan fingerprint density at radius 1 is 1.33 bits per heavy atom. The molecule has 0 aliphatic rings. The fourth-order valence-electron chi connectivity index (χ4n) is 1.30. The summed E-state index contributed by atoms with van der Waals surface area (Å²) in [5.41, 5.74) is 1.04. The van der Waals surface area contributed by atoms with Gasteiger partial charge in [-0.3, -0.25) is 0 Å². The molecule has 15 heavy (non-hydrogen) atoms. The zero-order valence-corrected chi connectivity index (χ0v) is 11.5. The summed E-state index contributed by atoms with van der Waals surface area (Å²) in [7, 11) is -3.13. The topological polar surface area (TPSA) is 34.1 Å². The first-order valence-electron chi connectivity index (χ1n) is 4.82. The molecule has 1 aromatic carbocycles. The Morgan fingerprint density at radius 3 is 2.40 bits per heavy atom. The molecule has 0 fully saturated rings. The molecule has 84 valence electrons. The number of aryl methyl sites for hydroxylation is 1. The summed E-state index contributed by atoms with van der Waals surface area (Å²) in [5.74, 6) is 0.345. The molecular formula is C11H15BrO2S. The second kappa shape index (κ2) is 4.66. The molecule has 0 amide bonds. The van der Waals surface area contributed by atoms with Crippen LogP contribution in [0.15, 0.2) is 27.6 Å². The average molecular weight is 291 g/mol. The summed E-state index contributed by atoms with van der Waals surface area (Å²) in [5, 5.41) is 0. The fraction of sp³-hybridized carbons (Fsp3) is 0.455. The van der Waals surface area contributed by atoms with Crippen molar-refractivity contribution in [3.8, 4) is 0 Å². The summed E-state index contributed by atoms with van der Waals surface area (Å²) in [6.07, 6.45) is 0. The summed E-state index contributed by atoms with van der Waals surface area (Å²) < 4.78 is 24.6. The van der Waals surface area contributed by atoms with Crippen LogP contribution in [0.5, 0.6) is 0 Å². The van der Waals surface area contributed by atoms with Crippen LogP contribution in [0.25, 0.3) is 0 Å². The number of hydrogen-bond donors (Lipinski definition) is 0. The highest BCUT2D eigenvalue weighted by Gasteiger charge is 2.16. The van der Waals surface area contributed by atoms with Crippen molar-refractivity contribution in [3.05, 3.63) is 28.2 Å². The molecule has 1 rings (SSSR count). The maximum absolute atomic E-state index is 11.9. The number of sulfone groups is 1. The summed E-state index contributed by atoms with van der Waals surface area (Å²) in [4.78, 5) is 0.397. The highest BCUT2D eigenvalue weighted by Crippen LogP contribution is 2.22. The zero-order valence-electron chi connectivity index (χ0n) is 9.12. The minimum Gasteiger partial charge on any atom is -0.224 e. The Morgan fingerprint density at radius 2 is 1.93 bits per heavy atom. The Kier molecular flexibility index (Phi) is 3.95. The van der Waals surface area contributed by atoms with Crippen LogP contribution < -0.4 is 0 Å². The maximum atomic E-state index is 11.9. The largest absolute Gasteiger partial charge is 0.224 e. The molecule has 4 heteroatoms. The summed E-state index contributed by atoms with van der Waals surface area (Å²) in [6.45, 7) is 5.74. The second-order valence-electron chi connectivity index (χ2n) is 4.09. The lowest BCUT2D eigenvalue weighted by molar-refractivity contribution is 0.582. The van der Waals surface area contributed by atoms with Gasteiger partial charge in [0.2, 0.25) is 0 Å². The van der Waals surface area contributed by atoms with Crippen LogP contribution in [0.3, 0.4) is 0 Å². The van der Waals surface area contributed by atoms with Crippen molar-refractivity contribution in [2.75, 3.05) is 5.75 Å². The van der Waals surface area contributed by atoms with Crippen molar-refractivity contribution in [2.24, 2.45) is 5.92 Å². The van der Waals surface area contributed by atoms with E-state index < -0.39 is 9.84 Å². The van der Waals surface area contributed by atoms with Gasteiger partial charge in [0, 0.05) is 4.47 Å². The van der Waals surface area contributed by atoms with Crippen LogP contribution in [0.4, 0.5) is 0 Å². The molecule has 0 aliphatic carbocycles. The zero-order chi connectivity index (χ0) is 11.6. The SMILES string of the molecule is Cc1ccc(S(=O)(=O)CC(C)C)cc1Br. The number of hydrogen-bond acceptors (Lipinski definition) is 2. The highest BCUT2D eigenvalue weighted by atomic mass is 79.9. The minimum atomic E-state index is -3.13. The lowest BCUT2D eigenvalue weighted by Crippen LogP contribution is -2.11. The van der Waals surface area contributed by atoms with Crippen molar-refractivity contribution in [2.45, 2.75) is 25.7 Å². The van der Waals surface area contributed by atoms with Gasteiger partial charge in [-0.15, -0.1) is 0 Å². The molecule has 0 unspecified atom stereocenters. The van der Waals surface area contributed by atoms with Gasteiger partial charge in [-0.1, -0.05) is 35.8 Å². The predicted molar refractivity (Wildman–Crippen MR) is 65.8 cm³/mol. The molecule has 0 bridgehead atoms. The molecule has 0 saturated heterocycles. The quantitative estimate of drug-likeness (QED) is 0.857. The van der Waals surface area contributed by atoms with Gasteiger partial charge in [-0.25, -0.2) is 8.42 Å². The Balaban J connectivity index is 3.11. The summed E-state index contributed by atoms with van der Waals surface area (Å²) in [6, 6.07) is 5.15. The van der Waals surface area contributed by atoms with Gasteiger partial charge < -0.3 is 0 Å². The van der Waals surface area contributed by atoms with Crippen molar-refractivity contribution in [1.82, 2.24) is 0 Å². The van der Waals surface area contributed by atoms with Crippen LogP contribution in [0, 0.1) is 12.8 Å². The standard InChI is InChI=1S/C11H15BrO2S/c1-8(2)7-15(13,14)10-5-4-9(3)11(12)6-10/h4-6,8H,7H2,1-3H3. The van der Waals surface area contributed by atoms with Gasteiger partial charge in [-0.05, 0) is 30.5 Å². The van der Waals surface area contributed by atoms with E-state index in [2.05, 4.69) is 15.9 Å². The first-order chi connectivity index (χ1) is 6.83. The van der Waals surface area contributed by atoms with Crippen LogP contribution >= 0.6 is 15.9 Å². The lowest BCUT2D eigenvalue weighted by Gasteiger charge is -2.08. The van der Waals surface area contributed by atoms with E-state index in [-0.39, 0.29) is 11.7 Å². The summed E-state index contributed by atoms with van der Waals surface area (Å²) >= 11 is 3.34. The first-order valence-corrected chi connectivity index (χ1v) is 7.26. The molecule has 0 atom stereocenters. The van der Waals surface area contributed by atoms with Crippen molar-refractivity contribution in [1.29, 1.82) is 0 Å². The van der Waals surface area contributed by atoms with E-state index in [1.807, 2.05) is 26.8 Å². The number of benzene rings is 1. The molecule has 0 radical (unpaired) electrons. The molecule has 0 heterocycles. The minimum absolute atomic E-state index is 0.148. The third kappa shape index (κ3) is 3.31. The average Bonchev–Trinajstić information content (AvgIpc) is 2.07. The molecule has 2 nitrogen and oxygen atoms in total. The van der Waals surface area contributed by atoms with E-state index in [9.17, 15) is 8.42 Å². The predicted octanol–water partition coefficient (Wildman–Crippen LogP) is 3.19. The van der Waals surface area contributed by atoms with Crippen LogP contribution in [-0.2, 0) is 9.84 Å². The van der Waals surface area contributed by atoms with Crippen LogP contribution in [0.1, 0.15) is 19.4 Å². The third-order valence-corrected chi connectivity index (χ3v) is 4.99. The smallest absolute Gasteiger partial charge is 0.178 e. The first kappa shape index (κ1) is 12.7. The third-order valence-electron chi connectivity index (χ3n) is 2.06. The van der Waals surface area contributed by atoms with Crippen molar-refractivity contribution < 1.29 is 8.42 Å². The van der Waals surface area contributed by atoms with Gasteiger partial charge >= 0.3 is 0 Å². The lowest BCUT2D eigenvalue weighted by atomic mass is 10.2. The second-order valence-corrected chi connectivity index (χ2v) is 6.97. The van der Waals surface area contributed by atoms with E-state index in [0.717, 1.165) is 10.0 Å². The Hall–Kier alpha value is -0.350. The molecular weight excluding hydrogens is 276 g/mol. The van der Waals surface area contributed by atoms with E-state index in [0.29, 0.717) is 4.90 Å². The monoisotopic (exact) mass is 290 g/mol. The molecule has 0 aliphatic heterocycles. The molecule has 0 N–H and O–H groups in total. The van der Waals surface area contributed by atoms with Gasteiger partial charge in [0.1, 0.15) is 0 Å². The van der Waals surface area contributed by atoms with E-state index in [1.54, 1.807) is 12.1 Å². The number of halogens is 1. The number of rotatable bonds is 3. The maximum Gasteiger partial charge on any atom is 0.178 e. The van der Waals surface area contributed by atoms with Crippen molar-refractivity contribution in [3.63, 3.8) is 0 Å². The van der Waals surface area contributed by atoms with Gasteiger partial charge in [-0.2, -0.15) is 0 Å². The van der Waals surface area contributed by atoms with E-state index in [1.165, 1.54) is 0 Å². The molecule has 0 spiro atoms. The molecule has 0 saturated carbocycles.